The summed E-state index contributed by atoms with van der Waals surface area (Å²) in [5.41, 5.74) is 0.593. The Morgan fingerprint density at radius 3 is 2.43 bits per heavy atom. The number of nitro groups is 1. The summed E-state index contributed by atoms with van der Waals surface area (Å²) in [7, 11) is 0. The van der Waals surface area contributed by atoms with E-state index in [1.165, 1.54) is 12.1 Å². The minimum Gasteiger partial charge on any atom is -0.480 e. The highest BCUT2D eigenvalue weighted by Crippen LogP contribution is 2.60. The SMILES string of the molecule is O=C(O)CN1C(=O)C2C3CC(C2C1=O)C1C3N=NN1c1ccc([N+](=O)[O-])cc1. The zero-order chi connectivity index (χ0) is 19.7. The molecule has 3 fully saturated rings. The lowest BCUT2D eigenvalue weighted by Crippen LogP contribution is -2.47. The molecule has 2 aliphatic heterocycles. The number of hydrogen-bond donors (Lipinski definition) is 1. The lowest BCUT2D eigenvalue weighted by Gasteiger charge is -2.33. The maximum Gasteiger partial charge on any atom is 0.323 e. The molecule has 2 bridgehead atoms. The molecule has 6 atom stereocenters. The number of rotatable bonds is 4. The van der Waals surface area contributed by atoms with Gasteiger partial charge in [-0.15, -0.1) is 0 Å². The van der Waals surface area contributed by atoms with Crippen LogP contribution in [0.5, 0.6) is 0 Å². The number of carboxylic acids is 1. The molecular weight excluding hydrogens is 370 g/mol. The lowest BCUT2D eigenvalue weighted by atomic mass is 9.76. The molecular formula is C17H15N5O6. The zero-order valence-corrected chi connectivity index (χ0v) is 14.4. The minimum absolute atomic E-state index is 0.0367. The molecule has 11 heteroatoms. The summed E-state index contributed by atoms with van der Waals surface area (Å²) in [5, 5.41) is 30.1. The number of aliphatic carboxylic acids is 1. The number of carbonyl (C=O) groups is 3. The van der Waals surface area contributed by atoms with E-state index in [1.54, 1.807) is 17.1 Å². The molecule has 1 aromatic rings. The summed E-state index contributed by atoms with van der Waals surface area (Å²) in [6.07, 6.45) is 0.658. The summed E-state index contributed by atoms with van der Waals surface area (Å²) < 4.78 is 0. The number of fused-ring (bicyclic) bond motifs is 8. The number of nitro benzene ring substituents is 1. The second-order valence-electron chi connectivity index (χ2n) is 7.58. The Bertz CT molecular complexity index is 946. The van der Waals surface area contributed by atoms with E-state index in [2.05, 4.69) is 10.3 Å². The lowest BCUT2D eigenvalue weighted by molar-refractivity contribution is -0.384. The van der Waals surface area contributed by atoms with E-state index < -0.39 is 41.1 Å². The van der Waals surface area contributed by atoms with Crippen molar-refractivity contribution in [1.29, 1.82) is 0 Å². The quantitative estimate of drug-likeness (QED) is 0.459. The van der Waals surface area contributed by atoms with E-state index in [0.717, 1.165) is 4.90 Å². The number of nitrogens with zero attached hydrogens (tertiary/aromatic N) is 5. The summed E-state index contributed by atoms with van der Waals surface area (Å²) in [5.74, 6) is -3.48. The Balaban J connectivity index is 1.44. The molecule has 1 N–H and O–H groups in total. The number of likely N-dealkylation sites (tertiary alicyclic amines) is 1. The van der Waals surface area contributed by atoms with Crippen LogP contribution >= 0.6 is 0 Å². The van der Waals surface area contributed by atoms with Crippen LogP contribution in [-0.2, 0) is 14.4 Å². The Morgan fingerprint density at radius 1 is 1.18 bits per heavy atom. The predicted octanol–water partition coefficient (Wildman–Crippen LogP) is 0.855. The van der Waals surface area contributed by atoms with Crippen LogP contribution in [0.1, 0.15) is 6.42 Å². The Hall–Kier alpha value is -3.37. The fraction of sp³-hybridized carbons (Fsp3) is 0.471. The van der Waals surface area contributed by atoms with Gasteiger partial charge >= 0.3 is 5.97 Å². The van der Waals surface area contributed by atoms with Gasteiger partial charge in [-0.05, 0) is 30.4 Å². The van der Waals surface area contributed by atoms with E-state index in [0.29, 0.717) is 12.1 Å². The van der Waals surface area contributed by atoms with Crippen molar-refractivity contribution in [1.82, 2.24) is 4.90 Å². The van der Waals surface area contributed by atoms with E-state index in [4.69, 9.17) is 5.11 Å². The second-order valence-corrected chi connectivity index (χ2v) is 7.58. The van der Waals surface area contributed by atoms with Crippen LogP contribution in [0.25, 0.3) is 0 Å². The van der Waals surface area contributed by atoms with Crippen LogP contribution in [0.2, 0.25) is 0 Å². The number of non-ortho nitro benzene ring substituents is 1. The molecule has 1 aromatic carbocycles. The molecule has 2 heterocycles. The number of carbonyl (C=O) groups excluding carboxylic acids is 2. The molecule has 11 nitrogen and oxygen atoms in total. The number of hydrogen-bond acceptors (Lipinski definition) is 8. The van der Waals surface area contributed by atoms with E-state index in [1.807, 2.05) is 0 Å². The van der Waals surface area contributed by atoms with Gasteiger partial charge in [0.15, 0.2) is 0 Å². The van der Waals surface area contributed by atoms with E-state index >= 15 is 0 Å². The third kappa shape index (κ3) is 2.06. The molecule has 28 heavy (non-hydrogen) atoms. The Kier molecular flexibility index (Phi) is 3.33. The molecule has 2 saturated carbocycles. The molecule has 0 radical (unpaired) electrons. The van der Waals surface area contributed by atoms with E-state index in [-0.39, 0.29) is 29.6 Å². The summed E-state index contributed by atoms with van der Waals surface area (Å²) in [6.45, 7) is -0.618. The molecule has 2 aliphatic carbocycles. The van der Waals surface area contributed by atoms with E-state index in [9.17, 15) is 24.5 Å². The van der Waals surface area contributed by atoms with Crippen molar-refractivity contribution in [3.05, 3.63) is 34.4 Å². The van der Waals surface area contributed by atoms with Crippen molar-refractivity contribution in [3.8, 4) is 0 Å². The largest absolute Gasteiger partial charge is 0.480 e. The van der Waals surface area contributed by atoms with Crippen LogP contribution in [-0.4, -0.2) is 51.3 Å². The highest BCUT2D eigenvalue weighted by Gasteiger charge is 2.70. The molecule has 0 spiro atoms. The van der Waals surface area contributed by atoms with Crippen LogP contribution in [0.3, 0.4) is 0 Å². The molecule has 6 unspecified atom stereocenters. The highest BCUT2D eigenvalue weighted by molar-refractivity contribution is 6.08. The second kappa shape index (κ2) is 5.57. The van der Waals surface area contributed by atoms with Crippen LogP contribution in [0.15, 0.2) is 34.6 Å². The number of amides is 2. The van der Waals surface area contributed by atoms with Crippen LogP contribution < -0.4 is 5.01 Å². The third-order valence-electron chi connectivity index (χ3n) is 6.37. The van der Waals surface area contributed by atoms with Gasteiger partial charge in [-0.2, -0.15) is 5.11 Å². The molecule has 2 amide bonds. The van der Waals surface area contributed by atoms with Gasteiger partial charge in [0.1, 0.15) is 6.54 Å². The van der Waals surface area contributed by atoms with Crippen LogP contribution in [0, 0.1) is 33.8 Å². The van der Waals surface area contributed by atoms with Gasteiger partial charge in [-0.1, -0.05) is 5.22 Å². The number of benzene rings is 1. The third-order valence-corrected chi connectivity index (χ3v) is 6.37. The fourth-order valence-electron chi connectivity index (χ4n) is 5.39. The highest BCUT2D eigenvalue weighted by atomic mass is 16.6. The van der Waals surface area contributed by atoms with Crippen LogP contribution in [0.4, 0.5) is 11.4 Å². The number of anilines is 1. The van der Waals surface area contributed by atoms with Gasteiger partial charge in [0.25, 0.3) is 5.69 Å². The summed E-state index contributed by atoms with van der Waals surface area (Å²) in [4.78, 5) is 47.7. The fourth-order valence-corrected chi connectivity index (χ4v) is 5.39. The molecule has 1 saturated heterocycles. The van der Waals surface area contributed by atoms with Crippen molar-refractivity contribution in [2.24, 2.45) is 34.0 Å². The molecule has 0 aromatic heterocycles. The standard InChI is InChI=1S/C17H15N5O6/c23-11(24)6-20-16(25)12-9-5-10(13(12)17(20)26)15-14(9)18-19-21(15)7-1-3-8(4-2-7)22(27)28/h1-4,9-10,12-15H,5-6H2,(H,23,24). The average Bonchev–Trinajstić information content (AvgIpc) is 3.38. The topological polar surface area (TPSA) is 146 Å². The molecule has 144 valence electrons. The molecule has 5 rings (SSSR count). The normalized spacial score (nSPS) is 34.9. The number of imide groups is 1. The monoisotopic (exact) mass is 385 g/mol. The first kappa shape index (κ1) is 16.8. The maximum absolute atomic E-state index is 12.8. The van der Waals surface area contributed by atoms with Gasteiger partial charge in [0, 0.05) is 12.1 Å². The first-order valence-electron chi connectivity index (χ1n) is 8.90. The minimum atomic E-state index is -1.22. The van der Waals surface area contributed by atoms with Crippen molar-refractivity contribution in [3.63, 3.8) is 0 Å². The Labute approximate surface area is 157 Å². The summed E-state index contributed by atoms with van der Waals surface area (Å²) >= 11 is 0. The zero-order valence-electron chi connectivity index (χ0n) is 14.4. The van der Waals surface area contributed by atoms with Crippen molar-refractivity contribution < 1.29 is 24.4 Å². The first-order chi connectivity index (χ1) is 13.4. The van der Waals surface area contributed by atoms with Crippen molar-refractivity contribution in [2.75, 3.05) is 11.6 Å². The Morgan fingerprint density at radius 2 is 1.82 bits per heavy atom. The van der Waals surface area contributed by atoms with Gasteiger partial charge < -0.3 is 5.11 Å². The van der Waals surface area contributed by atoms with Crippen molar-refractivity contribution in [2.45, 2.75) is 18.5 Å². The maximum atomic E-state index is 12.8. The smallest absolute Gasteiger partial charge is 0.323 e. The van der Waals surface area contributed by atoms with Crippen molar-refractivity contribution >= 4 is 29.2 Å². The first-order valence-corrected chi connectivity index (χ1v) is 8.90. The predicted molar refractivity (Wildman–Crippen MR) is 90.9 cm³/mol. The molecule has 4 aliphatic rings. The van der Waals surface area contributed by atoms with Gasteiger partial charge in [0.2, 0.25) is 11.8 Å². The summed E-state index contributed by atoms with van der Waals surface area (Å²) in [6, 6.07) is 5.47. The average molecular weight is 385 g/mol. The van der Waals surface area contributed by atoms with Gasteiger partial charge in [-0.25, -0.2) is 5.01 Å². The van der Waals surface area contributed by atoms with Gasteiger partial charge in [0.05, 0.1) is 34.5 Å². The number of carboxylic acid groups (broad SMARTS) is 1. The van der Waals surface area contributed by atoms with Gasteiger partial charge in [-0.3, -0.25) is 29.4 Å².